The van der Waals surface area contributed by atoms with E-state index in [-0.39, 0.29) is 31.2 Å². The number of halogens is 4. The Morgan fingerprint density at radius 3 is 2.50 bits per heavy atom. The summed E-state index contributed by atoms with van der Waals surface area (Å²) in [6.45, 7) is 1.45. The number of hydrogen-bond donors (Lipinski definition) is 2. The second-order valence-corrected chi connectivity index (χ2v) is 10.9. The van der Waals surface area contributed by atoms with Crippen molar-refractivity contribution in [3.8, 4) is 0 Å². The number of hydrogen-bond acceptors (Lipinski definition) is 7. The molecule has 1 aliphatic rings. The lowest BCUT2D eigenvalue weighted by Gasteiger charge is -2.41. The Kier molecular flexibility index (Phi) is 7.85. The van der Waals surface area contributed by atoms with Crippen LogP contribution >= 0.6 is 0 Å². The maximum atomic E-state index is 13.3. The summed E-state index contributed by atoms with van der Waals surface area (Å²) in [5.74, 6) is -0.397. The van der Waals surface area contributed by atoms with Crippen LogP contribution in [0.4, 0.5) is 28.9 Å². The number of aromatic nitrogens is 3. The molecule has 3 aromatic rings. The third kappa shape index (κ3) is 6.19. The second-order valence-electron chi connectivity index (χ2n) is 9.02. The molecule has 0 aliphatic carbocycles. The van der Waals surface area contributed by atoms with Gasteiger partial charge in [0.1, 0.15) is 5.82 Å². The van der Waals surface area contributed by atoms with Crippen LogP contribution in [-0.4, -0.2) is 71.2 Å². The summed E-state index contributed by atoms with van der Waals surface area (Å²) in [5, 5.41) is 18.5. The fourth-order valence-corrected chi connectivity index (χ4v) is 5.77. The fraction of sp³-hybridized carbons (Fsp3) is 0.375. The number of aryl methyl sites for hydroxylation is 2. The topological polar surface area (TPSA) is 107 Å². The molecular weight excluding hydrogens is 526 g/mol. The fourth-order valence-electron chi connectivity index (χ4n) is 4.44. The van der Waals surface area contributed by atoms with Crippen molar-refractivity contribution in [2.24, 2.45) is 7.05 Å². The minimum atomic E-state index is -4.37. The number of alkyl halides is 3. The molecule has 2 heterocycles. The third-order valence-electron chi connectivity index (χ3n) is 6.40. The average molecular weight is 554 g/mol. The lowest BCUT2D eigenvalue weighted by Crippen LogP contribution is -2.51. The van der Waals surface area contributed by atoms with Gasteiger partial charge in [0.05, 0.1) is 12.6 Å². The van der Waals surface area contributed by atoms with Crippen molar-refractivity contribution in [3.05, 3.63) is 65.1 Å². The average Bonchev–Trinajstić information content (AvgIpc) is 3.31. The maximum absolute atomic E-state index is 13.3. The van der Waals surface area contributed by atoms with Gasteiger partial charge in [-0.3, -0.25) is 4.90 Å². The number of anilines is 2. The smallest absolute Gasteiger partial charge is 0.355 e. The molecule has 0 spiro atoms. The summed E-state index contributed by atoms with van der Waals surface area (Å²) in [4.78, 5) is 2.75. The summed E-state index contributed by atoms with van der Waals surface area (Å²) < 4.78 is 80.3. The van der Waals surface area contributed by atoms with Gasteiger partial charge >= 0.3 is 6.18 Å². The van der Waals surface area contributed by atoms with Gasteiger partial charge in [0.2, 0.25) is 5.03 Å². The van der Waals surface area contributed by atoms with Crippen LogP contribution in [0.25, 0.3) is 0 Å². The van der Waals surface area contributed by atoms with E-state index >= 15 is 0 Å². The Bertz CT molecular complexity index is 1410. The van der Waals surface area contributed by atoms with E-state index in [2.05, 4.69) is 15.5 Å². The highest BCUT2D eigenvalue weighted by atomic mass is 32.2. The molecule has 1 fully saturated rings. The quantitative estimate of drug-likeness (QED) is 0.323. The number of sulfonamides is 1. The van der Waals surface area contributed by atoms with E-state index in [1.165, 1.54) is 23.5 Å². The third-order valence-corrected chi connectivity index (χ3v) is 8.12. The van der Waals surface area contributed by atoms with E-state index in [0.29, 0.717) is 28.1 Å². The maximum Gasteiger partial charge on any atom is 0.390 e. The van der Waals surface area contributed by atoms with E-state index in [0.717, 1.165) is 17.2 Å². The summed E-state index contributed by atoms with van der Waals surface area (Å²) >= 11 is 0. The van der Waals surface area contributed by atoms with Crippen LogP contribution in [-0.2, 0) is 17.1 Å². The standard InChI is InChI=1S/C24H27F4N7O2S/c1-16-11-21(31-19-5-3-18(25)4-6-19)17(13-29)12-20(16)22-15-35(10-9-34(22)8-7-24(26,27)28)38(36,37)23-14-30-33(2)32-23/h3-6,11-14,22,29,31H,7-10,15H2,1-2H3/t22-/m1/s1. The molecule has 1 aliphatic heterocycles. The summed E-state index contributed by atoms with van der Waals surface area (Å²) in [6.07, 6.45) is -3.17. The Labute approximate surface area is 217 Å². The van der Waals surface area contributed by atoms with Crippen LogP contribution in [0.5, 0.6) is 0 Å². The predicted molar refractivity (Wildman–Crippen MR) is 133 cm³/mol. The van der Waals surface area contributed by atoms with E-state index < -0.39 is 34.5 Å². The van der Waals surface area contributed by atoms with Gasteiger partial charge < -0.3 is 10.7 Å². The number of nitrogens with zero attached hydrogens (tertiary/aromatic N) is 5. The Hall–Kier alpha value is -3.36. The Morgan fingerprint density at radius 1 is 1.18 bits per heavy atom. The number of nitrogens with one attached hydrogen (secondary N) is 2. The first-order valence-electron chi connectivity index (χ1n) is 11.7. The van der Waals surface area contributed by atoms with Gasteiger partial charge in [-0.25, -0.2) is 12.8 Å². The molecule has 2 N–H and O–H groups in total. The molecule has 0 bridgehead atoms. The van der Waals surface area contributed by atoms with Crippen molar-refractivity contribution in [1.29, 1.82) is 5.41 Å². The number of benzene rings is 2. The highest BCUT2D eigenvalue weighted by Crippen LogP contribution is 2.35. The minimum absolute atomic E-state index is 0.00601. The van der Waals surface area contributed by atoms with Crippen molar-refractivity contribution in [2.75, 3.05) is 31.5 Å². The van der Waals surface area contributed by atoms with E-state index in [4.69, 9.17) is 5.41 Å². The van der Waals surface area contributed by atoms with Crippen LogP contribution in [0.15, 0.2) is 47.6 Å². The van der Waals surface area contributed by atoms with Crippen LogP contribution in [0.2, 0.25) is 0 Å². The highest BCUT2D eigenvalue weighted by molar-refractivity contribution is 7.89. The summed E-state index contributed by atoms with van der Waals surface area (Å²) in [6, 6.07) is 8.40. The SMILES string of the molecule is Cc1cc(Nc2ccc(F)cc2)c(C=N)cc1[C@H]1CN(S(=O)(=O)c2cnn(C)n2)CCN1CCC(F)(F)F. The molecule has 2 aromatic carbocycles. The Morgan fingerprint density at radius 2 is 1.89 bits per heavy atom. The molecule has 0 saturated carbocycles. The van der Waals surface area contributed by atoms with Crippen molar-refractivity contribution < 1.29 is 26.0 Å². The lowest BCUT2D eigenvalue weighted by atomic mass is 9.94. The largest absolute Gasteiger partial charge is 0.390 e. The molecule has 0 amide bonds. The van der Waals surface area contributed by atoms with Gasteiger partial charge in [-0.1, -0.05) is 0 Å². The van der Waals surface area contributed by atoms with Gasteiger partial charge in [-0.05, 0) is 54.4 Å². The monoisotopic (exact) mass is 553 g/mol. The van der Waals surface area contributed by atoms with Gasteiger partial charge in [-0.2, -0.15) is 27.4 Å². The van der Waals surface area contributed by atoms with Gasteiger partial charge in [0.25, 0.3) is 10.0 Å². The lowest BCUT2D eigenvalue weighted by molar-refractivity contribution is -0.140. The van der Waals surface area contributed by atoms with Crippen LogP contribution in [0.1, 0.15) is 29.2 Å². The zero-order valence-corrected chi connectivity index (χ0v) is 21.5. The molecule has 1 saturated heterocycles. The first-order chi connectivity index (χ1) is 17.9. The first kappa shape index (κ1) is 27.7. The molecule has 0 radical (unpaired) electrons. The molecule has 14 heteroatoms. The second kappa shape index (κ2) is 10.8. The first-order valence-corrected chi connectivity index (χ1v) is 13.2. The van der Waals surface area contributed by atoms with Gasteiger partial charge in [0.15, 0.2) is 0 Å². The zero-order chi connectivity index (χ0) is 27.7. The van der Waals surface area contributed by atoms with Crippen LogP contribution in [0.3, 0.4) is 0 Å². The van der Waals surface area contributed by atoms with E-state index in [1.807, 2.05) is 0 Å². The normalized spacial score (nSPS) is 17.5. The number of rotatable bonds is 8. The molecule has 9 nitrogen and oxygen atoms in total. The molecular formula is C24H27F4N7O2S. The van der Waals surface area contributed by atoms with Crippen molar-refractivity contribution >= 4 is 27.6 Å². The van der Waals surface area contributed by atoms with Gasteiger partial charge in [0, 0.05) is 62.4 Å². The molecule has 0 unspecified atom stereocenters. The highest BCUT2D eigenvalue weighted by Gasteiger charge is 2.38. The molecule has 204 valence electrons. The molecule has 4 rings (SSSR count). The molecule has 38 heavy (non-hydrogen) atoms. The van der Waals surface area contributed by atoms with Crippen molar-refractivity contribution in [3.63, 3.8) is 0 Å². The van der Waals surface area contributed by atoms with Crippen LogP contribution < -0.4 is 5.32 Å². The van der Waals surface area contributed by atoms with Crippen molar-refractivity contribution in [2.45, 2.75) is 30.6 Å². The minimum Gasteiger partial charge on any atom is -0.355 e. The van der Waals surface area contributed by atoms with Crippen molar-refractivity contribution in [1.82, 2.24) is 24.2 Å². The van der Waals surface area contributed by atoms with E-state index in [9.17, 15) is 26.0 Å². The van der Waals surface area contributed by atoms with Gasteiger partial charge in [-0.15, -0.1) is 5.10 Å². The van der Waals surface area contributed by atoms with E-state index in [1.54, 1.807) is 36.1 Å². The summed E-state index contributed by atoms with van der Waals surface area (Å²) in [7, 11) is -2.54. The van der Waals surface area contributed by atoms with Crippen LogP contribution in [0, 0.1) is 18.2 Å². The zero-order valence-electron chi connectivity index (χ0n) is 20.7. The Balaban J connectivity index is 1.69. The summed E-state index contributed by atoms with van der Waals surface area (Å²) in [5.41, 5.74) is 2.89. The predicted octanol–water partition coefficient (Wildman–Crippen LogP) is 4.00. The number of piperazine rings is 1. The molecule has 1 atom stereocenters. The molecule has 1 aromatic heterocycles.